The van der Waals surface area contributed by atoms with Gasteiger partial charge in [0.05, 0.1) is 13.0 Å². The molecule has 0 aromatic heterocycles. The fraction of sp³-hybridized carbons (Fsp3) is 0.533. The number of amides is 1. The third-order valence-electron chi connectivity index (χ3n) is 3.95. The van der Waals surface area contributed by atoms with E-state index in [0.717, 1.165) is 4.31 Å². The Morgan fingerprint density at radius 1 is 1.36 bits per heavy atom. The van der Waals surface area contributed by atoms with Crippen molar-refractivity contribution in [2.24, 2.45) is 5.92 Å². The fourth-order valence-electron chi connectivity index (χ4n) is 2.73. The Labute approximate surface area is 144 Å². The lowest BCUT2D eigenvalue weighted by atomic mass is 9.99. The molecule has 1 aliphatic heterocycles. The van der Waals surface area contributed by atoms with Crippen molar-refractivity contribution in [3.63, 3.8) is 0 Å². The van der Waals surface area contributed by atoms with Crippen LogP contribution in [0, 0.1) is 5.92 Å². The Balaban J connectivity index is 2.39. The van der Waals surface area contributed by atoms with Crippen molar-refractivity contribution < 1.29 is 31.1 Å². The first kappa shape index (κ1) is 19.5. The van der Waals surface area contributed by atoms with Crippen LogP contribution in [0.4, 0.5) is 18.9 Å². The number of methoxy groups -OCH3 is 1. The molecule has 1 atom stereocenters. The van der Waals surface area contributed by atoms with Gasteiger partial charge in [0.1, 0.15) is 10.6 Å². The van der Waals surface area contributed by atoms with Crippen LogP contribution in [0.2, 0.25) is 0 Å². The van der Waals surface area contributed by atoms with E-state index in [1.165, 1.54) is 32.2 Å². The van der Waals surface area contributed by atoms with Crippen LogP contribution in [0.3, 0.4) is 0 Å². The topological polar surface area (TPSA) is 75.7 Å². The second-order valence-corrected chi connectivity index (χ2v) is 7.70. The van der Waals surface area contributed by atoms with E-state index in [9.17, 15) is 26.4 Å². The zero-order valence-electron chi connectivity index (χ0n) is 13.8. The first-order chi connectivity index (χ1) is 11.6. The van der Waals surface area contributed by atoms with Gasteiger partial charge < -0.3 is 10.1 Å². The summed E-state index contributed by atoms with van der Waals surface area (Å²) in [6, 6.07) is 3.99. The maximum atomic E-state index is 13.0. The van der Waals surface area contributed by atoms with Gasteiger partial charge in [0.25, 0.3) is 0 Å². The Bertz CT molecular complexity index is 750. The van der Waals surface area contributed by atoms with Crippen LogP contribution in [0.1, 0.15) is 19.8 Å². The summed E-state index contributed by atoms with van der Waals surface area (Å²) in [4.78, 5) is 10.9. The number of sulfonamides is 1. The van der Waals surface area contributed by atoms with Crippen molar-refractivity contribution in [1.29, 1.82) is 0 Å². The number of alkyl halides is 3. The second kappa shape index (κ2) is 7.20. The molecule has 6 nitrogen and oxygen atoms in total. The minimum absolute atomic E-state index is 0.00241. The molecular weight excluding hydrogens is 361 g/mol. The van der Waals surface area contributed by atoms with Crippen LogP contribution in [-0.2, 0) is 14.8 Å². The summed E-state index contributed by atoms with van der Waals surface area (Å²) < 4.78 is 70.4. The van der Waals surface area contributed by atoms with Crippen LogP contribution < -0.4 is 10.1 Å². The summed E-state index contributed by atoms with van der Waals surface area (Å²) in [6.45, 7) is 0.638. The van der Waals surface area contributed by atoms with Crippen molar-refractivity contribution in [2.75, 3.05) is 25.5 Å². The first-order valence-corrected chi connectivity index (χ1v) is 9.02. The summed E-state index contributed by atoms with van der Waals surface area (Å²) >= 11 is 0. The molecule has 1 aliphatic rings. The fourth-order valence-corrected chi connectivity index (χ4v) is 4.43. The number of ether oxygens (including phenoxy) is 1. The van der Waals surface area contributed by atoms with Gasteiger partial charge in [-0.15, -0.1) is 0 Å². The molecule has 0 radical (unpaired) electrons. The Kier molecular flexibility index (Phi) is 5.62. The molecule has 140 valence electrons. The van der Waals surface area contributed by atoms with E-state index >= 15 is 0 Å². The largest absolute Gasteiger partial charge is 0.495 e. The van der Waals surface area contributed by atoms with Crippen LogP contribution in [0.5, 0.6) is 5.75 Å². The number of halogens is 3. The highest BCUT2D eigenvalue weighted by Gasteiger charge is 2.44. The summed E-state index contributed by atoms with van der Waals surface area (Å²) in [5.41, 5.74) is 0.219. The highest BCUT2D eigenvalue weighted by molar-refractivity contribution is 7.89. The number of nitrogens with one attached hydrogen (secondary N) is 1. The van der Waals surface area contributed by atoms with Gasteiger partial charge in [-0.3, -0.25) is 4.79 Å². The maximum absolute atomic E-state index is 13.0. The second-order valence-electron chi connectivity index (χ2n) is 5.79. The Morgan fingerprint density at radius 3 is 2.60 bits per heavy atom. The molecule has 0 saturated carbocycles. The van der Waals surface area contributed by atoms with Crippen molar-refractivity contribution in [3.05, 3.63) is 18.2 Å². The number of rotatable bonds is 4. The van der Waals surface area contributed by atoms with E-state index in [4.69, 9.17) is 4.74 Å². The van der Waals surface area contributed by atoms with Gasteiger partial charge in [0.15, 0.2) is 0 Å². The minimum atomic E-state index is -4.45. The van der Waals surface area contributed by atoms with Crippen molar-refractivity contribution in [3.8, 4) is 5.75 Å². The monoisotopic (exact) mass is 380 g/mol. The molecular formula is C15H19F3N2O4S. The minimum Gasteiger partial charge on any atom is -0.495 e. The van der Waals surface area contributed by atoms with Crippen molar-refractivity contribution in [2.45, 2.75) is 30.8 Å². The lowest BCUT2D eigenvalue weighted by Crippen LogP contribution is -2.44. The van der Waals surface area contributed by atoms with Crippen LogP contribution >= 0.6 is 0 Å². The highest BCUT2D eigenvalue weighted by Crippen LogP contribution is 2.37. The summed E-state index contributed by atoms with van der Waals surface area (Å²) in [6.07, 6.45) is -4.42. The summed E-state index contributed by atoms with van der Waals surface area (Å²) in [5, 5.41) is 2.45. The molecule has 1 fully saturated rings. The van der Waals surface area contributed by atoms with Crippen LogP contribution in [0.15, 0.2) is 23.1 Å². The quantitative estimate of drug-likeness (QED) is 0.871. The van der Waals surface area contributed by atoms with E-state index < -0.39 is 34.6 Å². The van der Waals surface area contributed by atoms with E-state index in [1.54, 1.807) is 0 Å². The number of carbonyl (C=O) groups is 1. The van der Waals surface area contributed by atoms with Gasteiger partial charge in [-0.05, 0) is 31.0 Å². The number of hydrogen-bond donors (Lipinski definition) is 1. The number of carbonyl (C=O) groups excluding carboxylic acids is 1. The SMILES string of the molecule is COc1ccc(NC(C)=O)cc1S(=O)(=O)N1CCCC(C(F)(F)F)C1. The molecule has 1 saturated heterocycles. The number of nitrogens with zero attached hydrogens (tertiary/aromatic N) is 1. The third-order valence-corrected chi connectivity index (χ3v) is 5.84. The third kappa shape index (κ3) is 4.43. The molecule has 0 aliphatic carbocycles. The average molecular weight is 380 g/mol. The van der Waals surface area contributed by atoms with Gasteiger partial charge in [-0.2, -0.15) is 17.5 Å². The summed E-state index contributed by atoms with van der Waals surface area (Å²) in [7, 11) is -2.93. The molecule has 2 rings (SSSR count). The lowest BCUT2D eigenvalue weighted by Gasteiger charge is -2.33. The average Bonchev–Trinajstić information content (AvgIpc) is 2.53. The van der Waals surface area contributed by atoms with Gasteiger partial charge in [-0.25, -0.2) is 8.42 Å². The molecule has 1 heterocycles. The molecule has 1 aromatic carbocycles. The standard InChI is InChI=1S/C15H19F3N2O4S/c1-10(21)19-12-5-6-13(24-2)14(8-12)25(22,23)20-7-3-4-11(9-20)15(16,17)18/h5-6,8,11H,3-4,7,9H2,1-2H3,(H,19,21). The summed E-state index contributed by atoms with van der Waals surface area (Å²) in [5.74, 6) is -2.09. The molecule has 1 N–H and O–H groups in total. The van der Waals surface area contributed by atoms with Crippen molar-refractivity contribution >= 4 is 21.6 Å². The molecule has 0 bridgehead atoms. The number of benzene rings is 1. The highest BCUT2D eigenvalue weighted by atomic mass is 32.2. The van der Waals surface area contributed by atoms with Crippen LogP contribution in [-0.4, -0.2) is 45.0 Å². The molecule has 1 amide bonds. The van der Waals surface area contributed by atoms with Gasteiger partial charge in [0, 0.05) is 25.7 Å². The van der Waals surface area contributed by atoms with E-state index in [1.807, 2.05) is 0 Å². The predicted octanol–water partition coefficient (Wildman–Crippen LogP) is 2.62. The molecule has 1 unspecified atom stereocenters. The number of piperidine rings is 1. The molecule has 0 spiro atoms. The molecule has 10 heteroatoms. The van der Waals surface area contributed by atoms with E-state index in [-0.39, 0.29) is 35.7 Å². The normalized spacial score (nSPS) is 19.5. The maximum Gasteiger partial charge on any atom is 0.393 e. The Hall–Kier alpha value is -1.81. The first-order valence-electron chi connectivity index (χ1n) is 7.58. The van der Waals surface area contributed by atoms with Gasteiger partial charge in [-0.1, -0.05) is 0 Å². The zero-order valence-corrected chi connectivity index (χ0v) is 14.6. The zero-order chi connectivity index (χ0) is 18.8. The van der Waals surface area contributed by atoms with Crippen LogP contribution in [0.25, 0.3) is 0 Å². The van der Waals surface area contributed by atoms with Gasteiger partial charge >= 0.3 is 6.18 Å². The van der Waals surface area contributed by atoms with E-state index in [0.29, 0.717) is 0 Å². The Morgan fingerprint density at radius 2 is 2.04 bits per heavy atom. The predicted molar refractivity (Wildman–Crippen MR) is 84.8 cm³/mol. The van der Waals surface area contributed by atoms with Crippen molar-refractivity contribution in [1.82, 2.24) is 4.31 Å². The lowest BCUT2D eigenvalue weighted by molar-refractivity contribution is -0.182. The van der Waals surface area contributed by atoms with E-state index in [2.05, 4.69) is 5.32 Å². The smallest absolute Gasteiger partial charge is 0.393 e. The number of hydrogen-bond acceptors (Lipinski definition) is 4. The molecule has 1 aromatic rings. The number of anilines is 1. The molecule has 25 heavy (non-hydrogen) atoms. The van der Waals surface area contributed by atoms with Gasteiger partial charge in [0.2, 0.25) is 15.9 Å².